The van der Waals surface area contributed by atoms with Crippen molar-refractivity contribution in [3.63, 3.8) is 0 Å². The Kier molecular flexibility index (Phi) is 7.01. The van der Waals surface area contributed by atoms with E-state index in [9.17, 15) is 4.79 Å². The molecule has 0 bridgehead atoms. The van der Waals surface area contributed by atoms with Gasteiger partial charge in [-0.25, -0.2) is 0 Å². The number of aryl methyl sites for hydroxylation is 2. The van der Waals surface area contributed by atoms with Crippen molar-refractivity contribution in [1.82, 2.24) is 0 Å². The fourth-order valence-electron chi connectivity index (χ4n) is 4.55. The maximum atomic E-state index is 13.1. The molecule has 2 heterocycles. The van der Waals surface area contributed by atoms with E-state index in [0.717, 1.165) is 37.2 Å². The van der Waals surface area contributed by atoms with Crippen LogP contribution in [0.5, 0.6) is 0 Å². The Morgan fingerprint density at radius 3 is 1.36 bits per heavy atom. The molecular formula is C25H38O3. The average molecular weight is 387 g/mol. The number of rotatable bonds is 10. The quantitative estimate of drug-likeness (QED) is 0.455. The maximum Gasteiger partial charge on any atom is 0.134 e. The minimum Gasteiger partial charge on any atom is -0.468 e. The molecule has 0 aromatic carbocycles. The lowest BCUT2D eigenvalue weighted by molar-refractivity contribution is -0.121. The van der Waals surface area contributed by atoms with Crippen molar-refractivity contribution in [1.29, 1.82) is 0 Å². The molecule has 0 radical (unpaired) electrons. The topological polar surface area (TPSA) is 43.4 Å². The Morgan fingerprint density at radius 2 is 1.07 bits per heavy atom. The fourth-order valence-corrected chi connectivity index (χ4v) is 4.55. The van der Waals surface area contributed by atoms with E-state index in [2.05, 4.69) is 55.4 Å². The van der Waals surface area contributed by atoms with Gasteiger partial charge in [0.15, 0.2) is 0 Å². The van der Waals surface area contributed by atoms with Crippen molar-refractivity contribution in [2.75, 3.05) is 0 Å². The van der Waals surface area contributed by atoms with E-state index < -0.39 is 0 Å². The summed E-state index contributed by atoms with van der Waals surface area (Å²) >= 11 is 0. The van der Waals surface area contributed by atoms with Crippen LogP contribution in [0.3, 0.4) is 0 Å². The molecule has 3 nitrogen and oxygen atoms in total. The van der Waals surface area contributed by atoms with Crippen LogP contribution in [0.25, 0.3) is 0 Å². The van der Waals surface area contributed by atoms with Crippen LogP contribution in [-0.4, -0.2) is 5.78 Å². The number of carbonyl (C=O) groups is 1. The largest absolute Gasteiger partial charge is 0.468 e. The predicted octanol–water partition coefficient (Wildman–Crippen LogP) is 6.73. The van der Waals surface area contributed by atoms with Crippen LogP contribution >= 0.6 is 0 Å². The lowest BCUT2D eigenvalue weighted by Crippen LogP contribution is -2.28. The average Bonchev–Trinajstić information content (AvgIpc) is 3.23. The van der Waals surface area contributed by atoms with Gasteiger partial charge in [-0.2, -0.15) is 0 Å². The summed E-state index contributed by atoms with van der Waals surface area (Å²) in [4.78, 5) is 13.1. The monoisotopic (exact) mass is 386 g/mol. The first kappa shape index (κ1) is 22.5. The Labute approximate surface area is 170 Å². The number of hydrogen-bond donors (Lipinski definition) is 0. The van der Waals surface area contributed by atoms with Gasteiger partial charge in [-0.05, 0) is 47.9 Å². The van der Waals surface area contributed by atoms with Gasteiger partial charge in [0.2, 0.25) is 0 Å². The summed E-state index contributed by atoms with van der Waals surface area (Å²) < 4.78 is 11.9. The first-order valence-corrected chi connectivity index (χ1v) is 10.8. The molecule has 0 saturated heterocycles. The zero-order valence-corrected chi connectivity index (χ0v) is 19.1. The number of ketones is 1. The van der Waals surface area contributed by atoms with Crippen LogP contribution < -0.4 is 0 Å². The third kappa shape index (κ3) is 4.45. The third-order valence-electron chi connectivity index (χ3n) is 5.94. The second-order valence-electron chi connectivity index (χ2n) is 9.21. The third-order valence-corrected chi connectivity index (χ3v) is 5.94. The molecule has 0 fully saturated rings. The standard InChI is InChI=1S/C25H38O3/c1-9-17-15-27-22(20(17)11-3)24(5,6)13-19(26)14-25(7,8)23-21(12-4)18(10-2)16-28-23/h15-16H,9-14H2,1-8H3. The Bertz CT molecular complexity index is 736. The highest BCUT2D eigenvalue weighted by atomic mass is 16.3. The molecule has 0 aliphatic rings. The summed E-state index contributed by atoms with van der Waals surface area (Å²) in [5.74, 6) is 2.19. The summed E-state index contributed by atoms with van der Waals surface area (Å²) in [5, 5.41) is 0. The van der Waals surface area contributed by atoms with Gasteiger partial charge in [0, 0.05) is 23.7 Å². The molecule has 0 aliphatic heterocycles. The molecule has 0 saturated carbocycles. The molecule has 0 aliphatic carbocycles. The first-order valence-electron chi connectivity index (χ1n) is 10.8. The SMILES string of the molecule is CCc1coc(C(C)(C)CC(=O)CC(C)(C)c2occ(CC)c2CC)c1CC. The molecule has 0 N–H and O–H groups in total. The van der Waals surface area contributed by atoms with Gasteiger partial charge in [-0.1, -0.05) is 55.4 Å². The van der Waals surface area contributed by atoms with E-state index in [1.165, 1.54) is 22.3 Å². The predicted molar refractivity (Wildman–Crippen MR) is 115 cm³/mol. The zero-order chi connectivity index (χ0) is 21.1. The van der Waals surface area contributed by atoms with Crippen molar-refractivity contribution in [2.45, 2.75) is 105 Å². The molecule has 2 aromatic heterocycles. The highest BCUT2D eigenvalue weighted by molar-refractivity contribution is 5.81. The lowest BCUT2D eigenvalue weighted by atomic mass is 9.76. The molecule has 0 amide bonds. The number of furan rings is 2. The number of carbonyl (C=O) groups excluding carboxylic acids is 1. The number of hydrogen-bond acceptors (Lipinski definition) is 3. The molecule has 2 rings (SSSR count). The van der Waals surface area contributed by atoms with Gasteiger partial charge in [0.05, 0.1) is 12.5 Å². The van der Waals surface area contributed by atoms with Crippen LogP contribution in [0.15, 0.2) is 21.4 Å². The van der Waals surface area contributed by atoms with Crippen molar-refractivity contribution in [2.24, 2.45) is 0 Å². The van der Waals surface area contributed by atoms with Crippen molar-refractivity contribution < 1.29 is 13.6 Å². The van der Waals surface area contributed by atoms with Crippen molar-refractivity contribution in [3.8, 4) is 0 Å². The summed E-state index contributed by atoms with van der Waals surface area (Å²) in [5.41, 5.74) is 4.44. The van der Waals surface area contributed by atoms with Gasteiger partial charge < -0.3 is 8.83 Å². The molecule has 0 atom stereocenters. The van der Waals surface area contributed by atoms with E-state index in [1.54, 1.807) is 0 Å². The van der Waals surface area contributed by atoms with Crippen LogP contribution in [0, 0.1) is 0 Å². The van der Waals surface area contributed by atoms with Gasteiger partial charge >= 0.3 is 0 Å². The van der Waals surface area contributed by atoms with E-state index in [-0.39, 0.29) is 16.6 Å². The zero-order valence-electron chi connectivity index (χ0n) is 19.1. The van der Waals surface area contributed by atoms with Crippen molar-refractivity contribution in [3.05, 3.63) is 46.3 Å². The Hall–Kier alpha value is -1.77. The van der Waals surface area contributed by atoms with E-state index in [1.807, 2.05) is 12.5 Å². The number of Topliss-reactive ketones (excluding diaryl/α,β-unsaturated/α-hetero) is 1. The summed E-state index contributed by atoms with van der Waals surface area (Å²) in [6, 6.07) is 0. The highest BCUT2D eigenvalue weighted by Gasteiger charge is 2.35. The summed E-state index contributed by atoms with van der Waals surface area (Å²) in [7, 11) is 0. The summed E-state index contributed by atoms with van der Waals surface area (Å²) in [6.07, 6.45) is 8.48. The molecule has 156 valence electrons. The normalized spacial score (nSPS) is 12.6. The van der Waals surface area contributed by atoms with Crippen molar-refractivity contribution >= 4 is 5.78 Å². The van der Waals surface area contributed by atoms with Crippen LogP contribution in [0.4, 0.5) is 0 Å². The molecule has 0 unspecified atom stereocenters. The van der Waals surface area contributed by atoms with E-state index >= 15 is 0 Å². The fraction of sp³-hybridized carbons (Fsp3) is 0.640. The molecular weight excluding hydrogens is 348 g/mol. The Balaban J connectivity index is 2.20. The van der Waals surface area contributed by atoms with Crippen LogP contribution in [0.2, 0.25) is 0 Å². The lowest BCUT2D eigenvalue weighted by Gasteiger charge is -2.27. The van der Waals surface area contributed by atoms with E-state index in [0.29, 0.717) is 12.8 Å². The molecule has 2 aromatic rings. The smallest absolute Gasteiger partial charge is 0.134 e. The molecule has 0 spiro atoms. The Morgan fingerprint density at radius 1 is 0.714 bits per heavy atom. The van der Waals surface area contributed by atoms with Crippen LogP contribution in [-0.2, 0) is 41.3 Å². The van der Waals surface area contributed by atoms with Gasteiger partial charge in [0.25, 0.3) is 0 Å². The second kappa shape index (κ2) is 8.71. The van der Waals surface area contributed by atoms with Gasteiger partial charge in [-0.3, -0.25) is 4.79 Å². The first-order chi connectivity index (χ1) is 13.1. The minimum absolute atomic E-state index is 0.253. The molecule has 28 heavy (non-hydrogen) atoms. The van der Waals surface area contributed by atoms with Crippen LogP contribution in [0.1, 0.15) is 102 Å². The van der Waals surface area contributed by atoms with E-state index in [4.69, 9.17) is 8.83 Å². The second-order valence-corrected chi connectivity index (χ2v) is 9.21. The van der Waals surface area contributed by atoms with Gasteiger partial charge in [-0.15, -0.1) is 0 Å². The molecule has 3 heteroatoms. The highest BCUT2D eigenvalue weighted by Crippen LogP contribution is 2.38. The minimum atomic E-state index is -0.308. The maximum absolute atomic E-state index is 13.1. The van der Waals surface area contributed by atoms with Gasteiger partial charge in [0.1, 0.15) is 17.3 Å². The summed E-state index contributed by atoms with van der Waals surface area (Å²) in [6.45, 7) is 17.1.